The van der Waals surface area contributed by atoms with Crippen LogP contribution in [0.1, 0.15) is 62.4 Å². The fraction of sp³-hybridized carbons (Fsp3) is 0.611. The van der Waals surface area contributed by atoms with E-state index in [1.807, 2.05) is 0 Å². The first-order chi connectivity index (χ1) is 10.3. The third-order valence-corrected chi connectivity index (χ3v) is 4.86. The largest absolute Gasteiger partial charge is 0.325 e. The summed E-state index contributed by atoms with van der Waals surface area (Å²) < 4.78 is 2.50. The molecule has 2 aromatic rings. The molecule has 0 amide bonds. The van der Waals surface area contributed by atoms with Crippen LogP contribution in [0.25, 0.3) is 11.0 Å². The van der Waals surface area contributed by atoms with Crippen LogP contribution < -0.4 is 0 Å². The van der Waals surface area contributed by atoms with E-state index in [1.54, 1.807) is 0 Å². The van der Waals surface area contributed by atoms with Gasteiger partial charge in [-0.25, -0.2) is 4.98 Å². The lowest BCUT2D eigenvalue weighted by atomic mass is 9.96. The van der Waals surface area contributed by atoms with E-state index in [-0.39, 0.29) is 0 Å². The molecular formula is C18H25ClN2. The maximum Gasteiger partial charge on any atom is 0.111 e. The highest BCUT2D eigenvalue weighted by Crippen LogP contribution is 2.31. The van der Waals surface area contributed by atoms with Crippen molar-refractivity contribution < 1.29 is 0 Å². The van der Waals surface area contributed by atoms with Crippen LogP contribution in [0, 0.1) is 6.92 Å². The van der Waals surface area contributed by atoms with Gasteiger partial charge < -0.3 is 4.57 Å². The summed E-state index contributed by atoms with van der Waals surface area (Å²) in [7, 11) is 0. The minimum Gasteiger partial charge on any atom is -0.325 e. The van der Waals surface area contributed by atoms with Crippen molar-refractivity contribution >= 4 is 22.6 Å². The van der Waals surface area contributed by atoms with Gasteiger partial charge >= 0.3 is 0 Å². The predicted molar refractivity (Wildman–Crippen MR) is 90.3 cm³/mol. The van der Waals surface area contributed by atoms with Gasteiger partial charge in [0.05, 0.1) is 11.0 Å². The Balaban J connectivity index is 2.02. The van der Waals surface area contributed by atoms with E-state index in [0.29, 0.717) is 11.9 Å². The first kappa shape index (κ1) is 14.9. The molecule has 0 N–H and O–H groups in total. The molecule has 0 spiro atoms. The summed E-state index contributed by atoms with van der Waals surface area (Å²) in [5, 5.41) is 0. The normalized spacial score (nSPS) is 17.8. The van der Waals surface area contributed by atoms with Crippen molar-refractivity contribution in [2.24, 2.45) is 0 Å². The third kappa shape index (κ3) is 3.26. The van der Waals surface area contributed by atoms with E-state index in [9.17, 15) is 0 Å². The molecule has 3 rings (SSSR count). The first-order valence-corrected chi connectivity index (χ1v) is 8.86. The molecule has 1 saturated carbocycles. The molecule has 0 atom stereocenters. The molecule has 21 heavy (non-hydrogen) atoms. The average molecular weight is 305 g/mol. The molecule has 0 radical (unpaired) electrons. The number of aryl methyl sites for hydroxylation is 2. The Hall–Kier alpha value is -1.02. The van der Waals surface area contributed by atoms with E-state index in [1.165, 1.54) is 61.9 Å². The van der Waals surface area contributed by atoms with Crippen molar-refractivity contribution in [3.63, 3.8) is 0 Å². The Morgan fingerprint density at radius 3 is 2.57 bits per heavy atom. The van der Waals surface area contributed by atoms with Gasteiger partial charge in [-0.2, -0.15) is 0 Å². The highest BCUT2D eigenvalue weighted by Gasteiger charge is 2.19. The second-order valence-electron chi connectivity index (χ2n) is 6.33. The van der Waals surface area contributed by atoms with Crippen LogP contribution in [0.4, 0.5) is 0 Å². The van der Waals surface area contributed by atoms with Crippen molar-refractivity contribution in [3.8, 4) is 0 Å². The summed E-state index contributed by atoms with van der Waals surface area (Å²) in [6.45, 7) is 2.13. The number of aromatic nitrogens is 2. The molecule has 114 valence electrons. The molecular weight excluding hydrogens is 280 g/mol. The second-order valence-corrected chi connectivity index (χ2v) is 6.71. The van der Waals surface area contributed by atoms with Crippen molar-refractivity contribution in [3.05, 3.63) is 29.6 Å². The Labute approximate surface area is 132 Å². The van der Waals surface area contributed by atoms with E-state index in [0.717, 1.165) is 11.9 Å². The van der Waals surface area contributed by atoms with Gasteiger partial charge in [-0.05, 0) is 37.5 Å². The van der Waals surface area contributed by atoms with Crippen LogP contribution in [0.5, 0.6) is 0 Å². The first-order valence-electron chi connectivity index (χ1n) is 8.33. The Bertz CT molecular complexity index is 595. The molecule has 1 fully saturated rings. The summed E-state index contributed by atoms with van der Waals surface area (Å²) >= 11 is 6.01. The fourth-order valence-corrected chi connectivity index (χ4v) is 3.79. The summed E-state index contributed by atoms with van der Waals surface area (Å²) in [6, 6.07) is 7.26. The van der Waals surface area contributed by atoms with Gasteiger partial charge in [0.25, 0.3) is 0 Å². The van der Waals surface area contributed by atoms with Crippen LogP contribution in [-0.2, 0) is 6.42 Å². The second kappa shape index (κ2) is 6.83. The van der Waals surface area contributed by atoms with Crippen LogP contribution in [0.2, 0.25) is 0 Å². The number of benzene rings is 1. The van der Waals surface area contributed by atoms with Gasteiger partial charge in [-0.1, -0.05) is 38.2 Å². The highest BCUT2D eigenvalue weighted by molar-refractivity contribution is 6.17. The number of halogens is 1. The van der Waals surface area contributed by atoms with E-state index in [2.05, 4.69) is 29.7 Å². The highest BCUT2D eigenvalue weighted by atomic mass is 35.5. The maximum absolute atomic E-state index is 6.01. The van der Waals surface area contributed by atoms with Gasteiger partial charge in [0.15, 0.2) is 0 Å². The van der Waals surface area contributed by atoms with Gasteiger partial charge in [-0.15, -0.1) is 11.6 Å². The Kier molecular flexibility index (Phi) is 4.84. The molecule has 1 aromatic heterocycles. The lowest BCUT2D eigenvalue weighted by Gasteiger charge is -2.24. The number of nitrogens with zero attached hydrogens (tertiary/aromatic N) is 2. The molecule has 0 saturated heterocycles. The number of imidazole rings is 1. The molecule has 1 aliphatic rings. The molecule has 0 unspecified atom stereocenters. The van der Waals surface area contributed by atoms with Crippen molar-refractivity contribution in [1.82, 2.24) is 9.55 Å². The summed E-state index contributed by atoms with van der Waals surface area (Å²) in [4.78, 5) is 4.87. The Morgan fingerprint density at radius 1 is 1.14 bits per heavy atom. The molecule has 1 heterocycles. The molecule has 1 aromatic carbocycles. The zero-order chi connectivity index (χ0) is 14.7. The molecule has 1 aliphatic carbocycles. The topological polar surface area (TPSA) is 17.8 Å². The minimum atomic E-state index is 0.608. The van der Waals surface area contributed by atoms with Crippen molar-refractivity contribution in [1.29, 1.82) is 0 Å². The van der Waals surface area contributed by atoms with E-state index in [4.69, 9.17) is 16.6 Å². The molecule has 0 aliphatic heterocycles. The number of fused-ring (bicyclic) bond motifs is 1. The number of alkyl halides is 1. The van der Waals surface area contributed by atoms with Gasteiger partial charge in [-0.3, -0.25) is 0 Å². The lowest BCUT2D eigenvalue weighted by Crippen LogP contribution is -2.14. The molecule has 3 heteroatoms. The van der Waals surface area contributed by atoms with Gasteiger partial charge in [0.1, 0.15) is 5.82 Å². The van der Waals surface area contributed by atoms with Crippen molar-refractivity contribution in [2.45, 2.75) is 64.3 Å². The lowest BCUT2D eigenvalue weighted by molar-refractivity contribution is 0.371. The smallest absolute Gasteiger partial charge is 0.111 e. The molecule has 2 nitrogen and oxygen atoms in total. The zero-order valence-electron chi connectivity index (χ0n) is 12.9. The Morgan fingerprint density at radius 2 is 1.86 bits per heavy atom. The quantitative estimate of drug-likeness (QED) is 0.693. The van der Waals surface area contributed by atoms with Crippen LogP contribution in [0.3, 0.4) is 0 Å². The van der Waals surface area contributed by atoms with Gasteiger partial charge in [0.2, 0.25) is 0 Å². The van der Waals surface area contributed by atoms with E-state index < -0.39 is 0 Å². The number of rotatable bonds is 3. The van der Waals surface area contributed by atoms with Crippen LogP contribution in [0.15, 0.2) is 18.2 Å². The SMILES string of the molecule is Cc1ccc2c(c1)nc(CCCl)n2C1CCCCCCC1. The fourth-order valence-electron chi connectivity index (χ4n) is 3.62. The molecule has 0 bridgehead atoms. The summed E-state index contributed by atoms with van der Waals surface area (Å²) in [5.74, 6) is 1.82. The summed E-state index contributed by atoms with van der Waals surface area (Å²) in [5.41, 5.74) is 3.71. The van der Waals surface area contributed by atoms with Crippen LogP contribution >= 0.6 is 11.6 Å². The predicted octanol–water partition coefficient (Wildman–Crippen LogP) is 5.41. The standard InChI is InChI=1S/C18H25ClN2/c1-14-9-10-17-16(13-14)20-18(11-12-19)21(17)15-7-5-3-2-4-6-8-15/h9-10,13,15H,2-8,11-12H2,1H3. The number of hydrogen-bond donors (Lipinski definition) is 0. The van der Waals surface area contributed by atoms with Crippen LogP contribution in [-0.4, -0.2) is 15.4 Å². The third-order valence-electron chi connectivity index (χ3n) is 4.68. The average Bonchev–Trinajstić information content (AvgIpc) is 2.76. The number of hydrogen-bond acceptors (Lipinski definition) is 1. The zero-order valence-corrected chi connectivity index (χ0v) is 13.7. The minimum absolute atomic E-state index is 0.608. The summed E-state index contributed by atoms with van der Waals surface area (Å²) in [6.07, 6.45) is 10.3. The van der Waals surface area contributed by atoms with Gasteiger partial charge in [0, 0.05) is 18.3 Å². The van der Waals surface area contributed by atoms with Crippen molar-refractivity contribution in [2.75, 3.05) is 5.88 Å². The maximum atomic E-state index is 6.01. The van der Waals surface area contributed by atoms with E-state index >= 15 is 0 Å². The monoisotopic (exact) mass is 304 g/mol.